The monoisotopic (exact) mass is 610 g/mol. The predicted octanol–water partition coefficient (Wildman–Crippen LogP) is 10.2. The number of hydrogen-bond acceptors (Lipinski definition) is 5. The molecule has 41 heavy (non-hydrogen) atoms. The van der Waals surface area contributed by atoms with E-state index in [9.17, 15) is 24.9 Å². The Hall–Kier alpha value is -1.34. The van der Waals surface area contributed by atoms with Crippen molar-refractivity contribution >= 4 is 37.2 Å². The number of carboxylic acid groups (broad SMARTS) is 2. The van der Waals surface area contributed by atoms with Crippen LogP contribution < -0.4 is 0 Å². The van der Waals surface area contributed by atoms with Crippen LogP contribution in [0.25, 0.3) is 0 Å². The van der Waals surface area contributed by atoms with Crippen LogP contribution in [0, 0.1) is 0 Å². The fraction of sp³-hybridized carbons (Fsp3) is 0.765. The molecule has 0 bridgehead atoms. The van der Waals surface area contributed by atoms with Crippen LogP contribution in [0.3, 0.4) is 0 Å². The van der Waals surface area contributed by atoms with E-state index in [1.54, 1.807) is 0 Å². The van der Waals surface area contributed by atoms with Gasteiger partial charge >= 0.3 is 11.9 Å². The largest absolute Gasteiger partial charge is 0.507 e. The molecule has 0 heterocycles. The van der Waals surface area contributed by atoms with E-state index < -0.39 is 17.2 Å². The third kappa shape index (κ3) is 13.2. The summed E-state index contributed by atoms with van der Waals surface area (Å²) >= 11 is 9.91. The van der Waals surface area contributed by atoms with Gasteiger partial charge in [0, 0.05) is 34.5 Å². The highest BCUT2D eigenvalue weighted by Crippen LogP contribution is 2.49. The number of thiol groups is 2. The first-order chi connectivity index (χ1) is 19.4. The number of benzene rings is 1. The lowest BCUT2D eigenvalue weighted by Crippen LogP contribution is -2.21. The number of carboxylic acids is 2. The number of rotatable bonds is 22. The molecule has 0 saturated carbocycles. The van der Waals surface area contributed by atoms with Crippen LogP contribution in [0.4, 0.5) is 0 Å². The Labute approximate surface area is 261 Å². The van der Waals surface area contributed by atoms with Crippen molar-refractivity contribution in [1.82, 2.24) is 0 Å². The van der Waals surface area contributed by atoms with Crippen molar-refractivity contribution in [1.29, 1.82) is 0 Å². The Bertz CT molecular complexity index is 938. The van der Waals surface area contributed by atoms with Crippen molar-refractivity contribution in [2.24, 2.45) is 0 Å². The van der Waals surface area contributed by atoms with Gasteiger partial charge in [-0.15, -0.1) is 0 Å². The number of aromatic hydroxyl groups is 1. The molecular formula is C34H58O5S2. The number of aliphatic carboxylic acids is 2. The first-order valence-electron chi connectivity index (χ1n) is 16.1. The number of unbranched alkanes of at least 4 members (excludes halogenated alkanes) is 10. The highest BCUT2D eigenvalue weighted by Gasteiger charge is 2.33. The molecule has 0 fully saturated rings. The lowest BCUT2D eigenvalue weighted by Gasteiger charge is -2.34. The summed E-state index contributed by atoms with van der Waals surface area (Å²) in [7, 11) is 0. The van der Waals surface area contributed by atoms with Crippen molar-refractivity contribution in [2.75, 3.05) is 0 Å². The molecule has 1 rings (SSSR count). The molecule has 3 N–H and O–H groups in total. The summed E-state index contributed by atoms with van der Waals surface area (Å²) in [6.45, 7) is 10.7. The summed E-state index contributed by atoms with van der Waals surface area (Å²) in [6.07, 6.45) is 16.0. The molecule has 236 valence electrons. The Morgan fingerprint density at radius 1 is 0.659 bits per heavy atom. The summed E-state index contributed by atoms with van der Waals surface area (Å²) in [5, 5.41) is 30.1. The summed E-state index contributed by atoms with van der Waals surface area (Å²) < 4.78 is 0. The molecule has 1 aromatic rings. The van der Waals surface area contributed by atoms with Gasteiger partial charge in [0.05, 0.1) is 0 Å². The summed E-state index contributed by atoms with van der Waals surface area (Å²) in [4.78, 5) is 23.0. The van der Waals surface area contributed by atoms with Crippen molar-refractivity contribution in [3.8, 4) is 5.75 Å². The first-order valence-corrected chi connectivity index (χ1v) is 17.1. The average molecular weight is 611 g/mol. The molecule has 0 saturated heterocycles. The maximum absolute atomic E-state index is 12.0. The maximum atomic E-state index is 12.0. The van der Waals surface area contributed by atoms with E-state index >= 15 is 0 Å². The van der Waals surface area contributed by atoms with Crippen LogP contribution in [0.15, 0.2) is 0 Å². The van der Waals surface area contributed by atoms with Crippen LogP contribution in [-0.2, 0) is 27.8 Å². The van der Waals surface area contributed by atoms with E-state index in [0.29, 0.717) is 12.8 Å². The second-order valence-electron chi connectivity index (χ2n) is 12.7. The van der Waals surface area contributed by atoms with Gasteiger partial charge < -0.3 is 15.3 Å². The fourth-order valence-corrected chi connectivity index (χ4v) is 6.80. The van der Waals surface area contributed by atoms with Gasteiger partial charge in [-0.2, -0.15) is 25.3 Å². The average Bonchev–Trinajstić information content (AvgIpc) is 2.88. The summed E-state index contributed by atoms with van der Waals surface area (Å²) in [5.74, 6) is -1.49. The molecule has 0 radical (unpaired) electrons. The minimum Gasteiger partial charge on any atom is -0.507 e. The van der Waals surface area contributed by atoms with Gasteiger partial charge in [-0.25, -0.2) is 0 Å². The van der Waals surface area contributed by atoms with Gasteiger partial charge in [-0.05, 0) is 60.6 Å². The summed E-state index contributed by atoms with van der Waals surface area (Å²) in [6, 6.07) is 0. The Morgan fingerprint density at radius 2 is 1.05 bits per heavy atom. The number of carbonyl (C=O) groups is 2. The van der Waals surface area contributed by atoms with E-state index in [0.717, 1.165) is 72.8 Å². The van der Waals surface area contributed by atoms with Crippen molar-refractivity contribution < 1.29 is 24.9 Å². The Kier molecular flexibility index (Phi) is 18.2. The van der Waals surface area contributed by atoms with Crippen LogP contribution in [-0.4, -0.2) is 27.3 Å². The minimum absolute atomic E-state index is 0.0193. The second kappa shape index (κ2) is 19.8. The second-order valence-corrected chi connectivity index (χ2v) is 13.9. The van der Waals surface area contributed by atoms with Crippen LogP contribution in [0.2, 0.25) is 0 Å². The maximum Gasteiger partial charge on any atom is 0.303 e. The molecule has 5 nitrogen and oxygen atoms in total. The van der Waals surface area contributed by atoms with Crippen molar-refractivity contribution in [2.45, 2.75) is 166 Å². The lowest BCUT2D eigenvalue weighted by atomic mass is 9.74. The van der Waals surface area contributed by atoms with Gasteiger partial charge in [0.25, 0.3) is 0 Å². The van der Waals surface area contributed by atoms with E-state index in [1.807, 2.05) is 0 Å². The standard InChI is InChI=1S/C34H58O5S2/c1-6-8-10-12-14-16-18-24-30(26(40)20-22-28(35)36)25(19-17-15-13-11-9-7-2)32(34(3,4)5)33(39)31(24)27(41)21-23-29(37)38/h26-27,39-41H,6-23H2,1-5H3,(H,35,36)(H,37,38). The highest BCUT2D eigenvalue weighted by molar-refractivity contribution is 7.80. The topological polar surface area (TPSA) is 94.8 Å². The van der Waals surface area contributed by atoms with Gasteiger partial charge in [0.2, 0.25) is 0 Å². The zero-order valence-corrected chi connectivity index (χ0v) is 28.2. The Morgan fingerprint density at radius 3 is 1.46 bits per heavy atom. The van der Waals surface area contributed by atoms with Gasteiger partial charge in [-0.1, -0.05) is 98.8 Å². The molecule has 0 spiro atoms. The van der Waals surface area contributed by atoms with Crippen LogP contribution in [0.1, 0.15) is 176 Å². The molecule has 7 heteroatoms. The third-order valence-electron chi connectivity index (χ3n) is 8.01. The van der Waals surface area contributed by atoms with Crippen LogP contribution in [0.5, 0.6) is 5.75 Å². The SMILES string of the molecule is CCCCCCCCc1c(C(S)CCC(=O)O)c(O)c(C(C)(C)C)c(CCCCCCCC)c1C(S)CCC(=O)O. The molecular weight excluding hydrogens is 553 g/mol. The predicted molar refractivity (Wildman–Crippen MR) is 178 cm³/mol. The summed E-state index contributed by atoms with van der Waals surface area (Å²) in [5.41, 5.74) is 4.42. The molecule has 0 aliphatic heterocycles. The Balaban J connectivity index is 3.76. The van der Waals surface area contributed by atoms with Crippen LogP contribution >= 0.6 is 25.3 Å². The van der Waals surface area contributed by atoms with E-state index in [-0.39, 0.29) is 29.3 Å². The zero-order valence-electron chi connectivity index (χ0n) is 26.4. The smallest absolute Gasteiger partial charge is 0.303 e. The van der Waals surface area contributed by atoms with Gasteiger partial charge in [0.15, 0.2) is 0 Å². The fourth-order valence-electron chi connectivity index (χ4n) is 5.95. The minimum atomic E-state index is -0.884. The molecule has 2 unspecified atom stereocenters. The van der Waals surface area contributed by atoms with Crippen molar-refractivity contribution in [3.63, 3.8) is 0 Å². The van der Waals surface area contributed by atoms with E-state index in [1.165, 1.54) is 44.9 Å². The molecule has 0 aliphatic carbocycles. The van der Waals surface area contributed by atoms with Gasteiger partial charge in [-0.3, -0.25) is 9.59 Å². The lowest BCUT2D eigenvalue weighted by molar-refractivity contribution is -0.138. The number of phenolic OH excluding ortho intramolecular Hbond substituents is 1. The van der Waals surface area contributed by atoms with Gasteiger partial charge in [0.1, 0.15) is 5.75 Å². The van der Waals surface area contributed by atoms with Crippen molar-refractivity contribution in [3.05, 3.63) is 27.8 Å². The first kappa shape index (κ1) is 37.7. The zero-order chi connectivity index (χ0) is 31.0. The number of hydrogen-bond donors (Lipinski definition) is 5. The van der Waals surface area contributed by atoms with E-state index in [4.69, 9.17) is 25.3 Å². The molecule has 2 atom stereocenters. The third-order valence-corrected chi connectivity index (χ3v) is 9.04. The quantitative estimate of drug-likeness (QED) is 0.0665. The molecule has 0 aromatic heterocycles. The van der Waals surface area contributed by atoms with E-state index in [2.05, 4.69) is 34.6 Å². The molecule has 0 amide bonds. The molecule has 1 aromatic carbocycles. The normalized spacial score (nSPS) is 13.3. The number of phenols is 1. The molecule has 0 aliphatic rings. The highest BCUT2D eigenvalue weighted by atomic mass is 32.1.